The number of rotatable bonds is 9. The first-order valence-corrected chi connectivity index (χ1v) is 9.94. The van der Waals surface area contributed by atoms with Crippen LogP contribution < -0.4 is 5.32 Å². The van der Waals surface area contributed by atoms with Crippen LogP contribution in [0, 0.1) is 5.92 Å². The van der Waals surface area contributed by atoms with Crippen molar-refractivity contribution in [3.8, 4) is 0 Å². The van der Waals surface area contributed by atoms with Gasteiger partial charge in [0.2, 0.25) is 0 Å². The van der Waals surface area contributed by atoms with Gasteiger partial charge in [0.05, 0.1) is 6.61 Å². The third kappa shape index (κ3) is 7.58. The number of nitrogens with zero attached hydrogens (tertiary/aromatic N) is 3. The maximum absolute atomic E-state index is 5.32. The van der Waals surface area contributed by atoms with Gasteiger partial charge in [-0.15, -0.1) is 24.0 Å². The molecule has 1 aromatic rings. The number of benzene rings is 1. The molecule has 0 aliphatic carbocycles. The fraction of sp³-hybridized carbons (Fsp3) is 0.667. The quantitative estimate of drug-likeness (QED) is 0.330. The molecule has 1 aliphatic rings. The van der Waals surface area contributed by atoms with E-state index in [4.69, 9.17) is 4.74 Å². The van der Waals surface area contributed by atoms with Crippen molar-refractivity contribution in [2.24, 2.45) is 10.9 Å². The van der Waals surface area contributed by atoms with Crippen molar-refractivity contribution in [2.45, 2.75) is 32.7 Å². The second-order valence-electron chi connectivity index (χ2n) is 7.05. The van der Waals surface area contributed by atoms with Crippen LogP contribution in [0.2, 0.25) is 0 Å². The lowest BCUT2D eigenvalue weighted by molar-refractivity contribution is 0.157. The summed E-state index contributed by atoms with van der Waals surface area (Å²) in [6, 6.07) is 11.2. The minimum atomic E-state index is 0. The zero-order valence-corrected chi connectivity index (χ0v) is 19.7. The molecule has 6 heteroatoms. The van der Waals surface area contributed by atoms with Gasteiger partial charge >= 0.3 is 0 Å². The molecule has 1 heterocycles. The van der Waals surface area contributed by atoms with Crippen molar-refractivity contribution in [3.05, 3.63) is 35.9 Å². The maximum Gasteiger partial charge on any atom is 0.193 e. The Hall–Kier alpha value is -0.860. The van der Waals surface area contributed by atoms with E-state index < -0.39 is 0 Å². The third-order valence-electron chi connectivity index (χ3n) is 5.34. The van der Waals surface area contributed by atoms with Crippen molar-refractivity contribution in [1.82, 2.24) is 15.1 Å². The number of hydrogen-bond donors (Lipinski definition) is 1. The Morgan fingerprint density at radius 2 is 2.00 bits per heavy atom. The van der Waals surface area contributed by atoms with Crippen LogP contribution in [0.25, 0.3) is 0 Å². The molecule has 0 spiro atoms. The fourth-order valence-corrected chi connectivity index (χ4v) is 3.89. The first-order chi connectivity index (χ1) is 12.7. The maximum atomic E-state index is 5.32. The highest BCUT2D eigenvalue weighted by molar-refractivity contribution is 14.0. The number of halogens is 1. The van der Waals surface area contributed by atoms with E-state index in [1.165, 1.54) is 12.0 Å². The SMILES string of the molecule is CCN(CC)C(CNC(=NC)N1CCC(COC)C1)Cc1ccccc1.I. The number of ether oxygens (including phenoxy) is 1. The highest BCUT2D eigenvalue weighted by atomic mass is 127. The van der Waals surface area contributed by atoms with Crippen molar-refractivity contribution < 1.29 is 4.74 Å². The van der Waals surface area contributed by atoms with Crippen molar-refractivity contribution in [2.75, 3.05) is 53.5 Å². The molecule has 2 unspecified atom stereocenters. The lowest BCUT2D eigenvalue weighted by atomic mass is 10.0. The van der Waals surface area contributed by atoms with Crippen LogP contribution in [0.15, 0.2) is 35.3 Å². The first-order valence-electron chi connectivity index (χ1n) is 9.94. The summed E-state index contributed by atoms with van der Waals surface area (Å²) in [5, 5.41) is 3.64. The molecule has 2 atom stereocenters. The van der Waals surface area contributed by atoms with Gasteiger partial charge in [0, 0.05) is 45.8 Å². The molecule has 0 aromatic heterocycles. The summed E-state index contributed by atoms with van der Waals surface area (Å²) in [7, 11) is 3.67. The minimum Gasteiger partial charge on any atom is -0.384 e. The topological polar surface area (TPSA) is 40.1 Å². The van der Waals surface area contributed by atoms with Crippen LogP contribution in [0.1, 0.15) is 25.8 Å². The summed E-state index contributed by atoms with van der Waals surface area (Å²) in [6.45, 7) is 10.4. The lowest BCUT2D eigenvalue weighted by Crippen LogP contribution is -2.49. The molecule has 0 radical (unpaired) electrons. The van der Waals surface area contributed by atoms with E-state index in [1.54, 1.807) is 7.11 Å². The summed E-state index contributed by atoms with van der Waals surface area (Å²) in [5.41, 5.74) is 1.39. The zero-order valence-electron chi connectivity index (χ0n) is 17.4. The normalized spacial score (nSPS) is 18.5. The number of hydrogen-bond acceptors (Lipinski definition) is 3. The van der Waals surface area contributed by atoms with Crippen molar-refractivity contribution in [1.29, 1.82) is 0 Å². The van der Waals surface area contributed by atoms with Gasteiger partial charge in [-0.1, -0.05) is 44.2 Å². The Bertz CT molecular complexity index is 536. The molecular formula is C21H37IN4O. The minimum absolute atomic E-state index is 0. The van der Waals surface area contributed by atoms with Crippen LogP contribution in [0.4, 0.5) is 0 Å². The fourth-order valence-electron chi connectivity index (χ4n) is 3.89. The summed E-state index contributed by atoms with van der Waals surface area (Å²) in [4.78, 5) is 9.43. The predicted molar refractivity (Wildman–Crippen MR) is 125 cm³/mol. The van der Waals surface area contributed by atoms with Crippen LogP contribution in [0.5, 0.6) is 0 Å². The van der Waals surface area contributed by atoms with Gasteiger partial charge in [-0.25, -0.2) is 0 Å². The van der Waals surface area contributed by atoms with Crippen molar-refractivity contribution in [3.63, 3.8) is 0 Å². The Morgan fingerprint density at radius 3 is 2.59 bits per heavy atom. The average Bonchev–Trinajstić information content (AvgIpc) is 3.12. The number of likely N-dealkylation sites (N-methyl/N-ethyl adjacent to an activating group) is 1. The van der Waals surface area contributed by atoms with Gasteiger partial charge in [-0.05, 0) is 31.5 Å². The van der Waals surface area contributed by atoms with Crippen molar-refractivity contribution >= 4 is 29.9 Å². The highest BCUT2D eigenvalue weighted by Crippen LogP contribution is 2.16. The Morgan fingerprint density at radius 1 is 1.30 bits per heavy atom. The summed E-state index contributed by atoms with van der Waals surface area (Å²) >= 11 is 0. The molecule has 1 aromatic carbocycles. The molecule has 2 rings (SSSR count). The number of aliphatic imine (C=N–C) groups is 1. The van der Waals surface area contributed by atoms with Gasteiger partial charge in [-0.3, -0.25) is 9.89 Å². The summed E-state index contributed by atoms with van der Waals surface area (Å²) < 4.78 is 5.32. The molecular weight excluding hydrogens is 451 g/mol. The van der Waals surface area contributed by atoms with Crippen LogP contribution in [-0.4, -0.2) is 75.3 Å². The number of likely N-dealkylation sites (tertiary alicyclic amines) is 1. The molecule has 1 N–H and O–H groups in total. The average molecular weight is 488 g/mol. The molecule has 1 saturated heterocycles. The van der Waals surface area contributed by atoms with Gasteiger partial charge in [0.25, 0.3) is 0 Å². The highest BCUT2D eigenvalue weighted by Gasteiger charge is 2.25. The predicted octanol–water partition coefficient (Wildman–Crippen LogP) is 3.10. The number of guanidine groups is 1. The summed E-state index contributed by atoms with van der Waals surface area (Å²) in [6.07, 6.45) is 2.23. The standard InChI is InChI=1S/C21H36N4O.HI/c1-5-24(6-2)20(14-18-10-8-7-9-11-18)15-23-21(22-3)25-13-12-19(16-25)17-26-4;/h7-11,19-20H,5-6,12-17H2,1-4H3,(H,22,23);1H. The van der Waals surface area contributed by atoms with Gasteiger partial charge in [0.15, 0.2) is 5.96 Å². The molecule has 5 nitrogen and oxygen atoms in total. The van der Waals surface area contributed by atoms with E-state index in [1.807, 2.05) is 7.05 Å². The third-order valence-corrected chi connectivity index (χ3v) is 5.34. The lowest BCUT2D eigenvalue weighted by Gasteiger charge is -2.32. The Labute approximate surface area is 182 Å². The van der Waals surface area contributed by atoms with Gasteiger partial charge < -0.3 is 15.0 Å². The zero-order chi connectivity index (χ0) is 18.8. The van der Waals surface area contributed by atoms with E-state index in [9.17, 15) is 0 Å². The van der Waals surface area contributed by atoms with E-state index >= 15 is 0 Å². The first kappa shape index (κ1) is 24.2. The van der Waals surface area contributed by atoms with Gasteiger partial charge in [0.1, 0.15) is 0 Å². The number of nitrogens with one attached hydrogen (secondary N) is 1. The molecule has 0 bridgehead atoms. The second-order valence-corrected chi connectivity index (χ2v) is 7.05. The van der Waals surface area contributed by atoms with Crippen LogP contribution in [0.3, 0.4) is 0 Å². The molecule has 0 saturated carbocycles. The summed E-state index contributed by atoms with van der Waals surface area (Å²) in [5.74, 6) is 1.63. The van der Waals surface area contributed by atoms with E-state index in [0.29, 0.717) is 12.0 Å². The second kappa shape index (κ2) is 13.3. The largest absolute Gasteiger partial charge is 0.384 e. The molecule has 27 heavy (non-hydrogen) atoms. The van der Waals surface area contributed by atoms with E-state index in [0.717, 1.165) is 51.7 Å². The smallest absolute Gasteiger partial charge is 0.193 e. The van der Waals surface area contributed by atoms with Crippen LogP contribution in [-0.2, 0) is 11.2 Å². The Balaban J connectivity index is 0.00000364. The molecule has 0 amide bonds. The Kier molecular flexibility index (Phi) is 11.9. The molecule has 1 fully saturated rings. The van der Waals surface area contributed by atoms with E-state index in [-0.39, 0.29) is 24.0 Å². The number of methoxy groups -OCH3 is 1. The van der Waals surface area contributed by atoms with Gasteiger partial charge in [-0.2, -0.15) is 0 Å². The monoisotopic (exact) mass is 488 g/mol. The van der Waals surface area contributed by atoms with Crippen LogP contribution >= 0.6 is 24.0 Å². The molecule has 1 aliphatic heterocycles. The molecule has 154 valence electrons. The van der Waals surface area contributed by atoms with E-state index in [2.05, 4.69) is 64.3 Å².